The highest BCUT2D eigenvalue weighted by molar-refractivity contribution is 5.82. The number of fused-ring (bicyclic) bond motifs is 1. The topological polar surface area (TPSA) is 79.1 Å². The van der Waals surface area contributed by atoms with E-state index in [0.717, 1.165) is 24.8 Å². The number of carbonyl (C=O) groups is 1. The average Bonchev–Trinajstić information content (AvgIpc) is 3.25. The van der Waals surface area contributed by atoms with Crippen molar-refractivity contribution in [3.05, 3.63) is 78.0 Å². The van der Waals surface area contributed by atoms with Gasteiger partial charge in [-0.3, -0.25) is 4.79 Å². The van der Waals surface area contributed by atoms with Crippen molar-refractivity contribution >= 4 is 16.9 Å². The first-order valence-corrected chi connectivity index (χ1v) is 11.0. The van der Waals surface area contributed by atoms with Crippen LogP contribution in [0.25, 0.3) is 11.2 Å². The minimum Gasteiger partial charge on any atom is -0.493 e. The minimum absolute atomic E-state index is 0.0995. The second-order valence-corrected chi connectivity index (χ2v) is 8.02. The van der Waals surface area contributed by atoms with Crippen molar-refractivity contribution in [1.82, 2.24) is 19.5 Å². The first kappa shape index (κ1) is 22.5. The molecule has 4 rings (SSSR count). The number of ether oxygens (including phenoxy) is 2. The molecule has 0 aliphatic heterocycles. The van der Waals surface area contributed by atoms with E-state index < -0.39 is 0 Å². The van der Waals surface area contributed by atoms with Gasteiger partial charge in [0.2, 0.25) is 0 Å². The fourth-order valence-electron chi connectivity index (χ4n) is 4.03. The number of ketones is 1. The third kappa shape index (κ3) is 5.19. The molecule has 2 heterocycles. The van der Waals surface area contributed by atoms with Gasteiger partial charge < -0.3 is 14.0 Å². The van der Waals surface area contributed by atoms with E-state index in [1.807, 2.05) is 41.0 Å². The molecule has 0 saturated heterocycles. The first-order valence-electron chi connectivity index (χ1n) is 11.0. The Bertz CT molecular complexity index is 1240. The molecule has 0 aliphatic carbocycles. The molecule has 0 aliphatic rings. The second kappa shape index (κ2) is 10.3. The van der Waals surface area contributed by atoms with E-state index in [9.17, 15) is 4.79 Å². The third-order valence-corrected chi connectivity index (χ3v) is 5.77. The van der Waals surface area contributed by atoms with Crippen molar-refractivity contribution < 1.29 is 14.3 Å². The lowest BCUT2D eigenvalue weighted by Crippen LogP contribution is -2.17. The van der Waals surface area contributed by atoms with E-state index in [1.54, 1.807) is 33.7 Å². The summed E-state index contributed by atoms with van der Waals surface area (Å²) in [4.78, 5) is 26.2. The monoisotopic (exact) mass is 444 g/mol. The lowest BCUT2D eigenvalue weighted by atomic mass is 10.0. The number of aryl methyl sites for hydroxylation is 1. The van der Waals surface area contributed by atoms with E-state index in [-0.39, 0.29) is 11.8 Å². The van der Waals surface area contributed by atoms with Crippen molar-refractivity contribution in [1.29, 1.82) is 0 Å². The van der Waals surface area contributed by atoms with Crippen molar-refractivity contribution in [2.75, 3.05) is 14.2 Å². The molecule has 0 bridgehead atoms. The van der Waals surface area contributed by atoms with Crippen LogP contribution in [0.3, 0.4) is 0 Å². The number of aromatic nitrogens is 4. The van der Waals surface area contributed by atoms with Gasteiger partial charge in [-0.2, -0.15) is 0 Å². The molecule has 1 atom stereocenters. The number of hydrogen-bond acceptors (Lipinski definition) is 6. The lowest BCUT2D eigenvalue weighted by molar-refractivity contribution is -0.120. The molecule has 33 heavy (non-hydrogen) atoms. The molecule has 0 spiro atoms. The summed E-state index contributed by atoms with van der Waals surface area (Å²) in [6.07, 6.45) is 6.50. The number of rotatable bonds is 10. The molecule has 170 valence electrons. The summed E-state index contributed by atoms with van der Waals surface area (Å²) in [5, 5.41) is 0. The van der Waals surface area contributed by atoms with Crippen LogP contribution in [0.2, 0.25) is 0 Å². The maximum Gasteiger partial charge on any atom is 0.164 e. The molecule has 0 fully saturated rings. The predicted molar refractivity (Wildman–Crippen MR) is 127 cm³/mol. The number of carbonyl (C=O) groups excluding carboxylic acids is 1. The minimum atomic E-state index is -0.303. The highest BCUT2D eigenvalue weighted by Crippen LogP contribution is 2.28. The van der Waals surface area contributed by atoms with Crippen molar-refractivity contribution in [3.8, 4) is 11.5 Å². The highest BCUT2D eigenvalue weighted by Gasteiger charge is 2.20. The summed E-state index contributed by atoms with van der Waals surface area (Å²) in [6.45, 7) is 1.63. The quantitative estimate of drug-likeness (QED) is 0.356. The van der Waals surface area contributed by atoms with E-state index in [1.165, 1.54) is 5.56 Å². The van der Waals surface area contributed by atoms with Crippen LogP contribution in [0.1, 0.15) is 42.8 Å². The molecule has 4 aromatic rings. The van der Waals surface area contributed by atoms with Crippen LogP contribution in [0.15, 0.2) is 61.1 Å². The van der Waals surface area contributed by atoms with Gasteiger partial charge >= 0.3 is 0 Å². The number of imidazole rings is 1. The van der Waals surface area contributed by atoms with Crippen LogP contribution in [0.5, 0.6) is 11.5 Å². The average molecular weight is 445 g/mol. The molecule has 1 unspecified atom stereocenters. The molecule has 0 saturated carbocycles. The van der Waals surface area contributed by atoms with Crippen LogP contribution in [0, 0.1) is 0 Å². The first-order chi connectivity index (χ1) is 16.1. The van der Waals surface area contributed by atoms with Crippen molar-refractivity contribution in [2.45, 2.75) is 38.6 Å². The molecular formula is C26H28N4O3. The number of benzene rings is 2. The van der Waals surface area contributed by atoms with E-state index in [0.29, 0.717) is 34.9 Å². The summed E-state index contributed by atoms with van der Waals surface area (Å²) in [6, 6.07) is 15.8. The Morgan fingerprint density at radius 3 is 2.52 bits per heavy atom. The molecule has 2 aromatic heterocycles. The second-order valence-electron chi connectivity index (χ2n) is 8.02. The molecule has 2 aromatic carbocycles. The highest BCUT2D eigenvalue weighted by atomic mass is 16.5. The summed E-state index contributed by atoms with van der Waals surface area (Å²) in [7, 11) is 3.23. The van der Waals surface area contributed by atoms with Gasteiger partial charge in [0.05, 0.1) is 32.8 Å². The lowest BCUT2D eigenvalue weighted by Gasteiger charge is -2.16. The van der Waals surface area contributed by atoms with Crippen LogP contribution in [-0.2, 0) is 17.6 Å². The largest absolute Gasteiger partial charge is 0.493 e. The molecule has 0 N–H and O–H groups in total. The smallest absolute Gasteiger partial charge is 0.164 e. The fraction of sp³-hybridized carbons (Fsp3) is 0.308. The van der Waals surface area contributed by atoms with E-state index in [4.69, 9.17) is 14.5 Å². The van der Waals surface area contributed by atoms with Crippen LogP contribution in [-0.4, -0.2) is 39.5 Å². The van der Waals surface area contributed by atoms with Gasteiger partial charge in [-0.25, -0.2) is 15.0 Å². The third-order valence-electron chi connectivity index (χ3n) is 5.77. The van der Waals surface area contributed by atoms with Crippen LogP contribution < -0.4 is 9.47 Å². The maximum atomic E-state index is 12.5. The van der Waals surface area contributed by atoms with Gasteiger partial charge in [0, 0.05) is 6.42 Å². The van der Waals surface area contributed by atoms with Crippen molar-refractivity contribution in [3.63, 3.8) is 0 Å². The standard InChI is InChI=1S/C26H28N4O3/c1-18(31)22(11-7-10-19-8-5-4-6-9-19)30-17-28-21-16-27-25(29-26(21)30)15-20-12-13-23(32-2)24(14-20)33-3/h4-6,8-9,12-14,16-17,22H,7,10-11,15H2,1-3H3. The summed E-state index contributed by atoms with van der Waals surface area (Å²) in [5.41, 5.74) is 3.64. The number of methoxy groups -OCH3 is 2. The fourth-order valence-corrected chi connectivity index (χ4v) is 4.03. The van der Waals surface area contributed by atoms with Gasteiger partial charge in [-0.05, 0) is 49.4 Å². The molecular weight excluding hydrogens is 416 g/mol. The van der Waals surface area contributed by atoms with Gasteiger partial charge in [0.1, 0.15) is 11.3 Å². The van der Waals surface area contributed by atoms with Gasteiger partial charge in [-0.1, -0.05) is 36.4 Å². The van der Waals surface area contributed by atoms with Crippen LogP contribution >= 0.6 is 0 Å². The molecule has 0 amide bonds. The van der Waals surface area contributed by atoms with Gasteiger partial charge in [0.15, 0.2) is 22.9 Å². The summed E-state index contributed by atoms with van der Waals surface area (Å²) >= 11 is 0. The zero-order chi connectivity index (χ0) is 23.2. The Labute approximate surface area is 193 Å². The SMILES string of the molecule is COc1ccc(Cc2ncc3ncn(C(CCCc4ccccc4)C(C)=O)c3n2)cc1OC. The Kier molecular flexibility index (Phi) is 6.98. The number of Topliss-reactive ketones (excluding diaryl/α,β-unsaturated/α-hetero) is 1. The Balaban J connectivity index is 1.55. The van der Waals surface area contributed by atoms with Crippen LogP contribution in [0.4, 0.5) is 0 Å². The van der Waals surface area contributed by atoms with E-state index in [2.05, 4.69) is 22.1 Å². The van der Waals surface area contributed by atoms with Gasteiger partial charge in [0.25, 0.3) is 0 Å². The summed E-state index contributed by atoms with van der Waals surface area (Å²) in [5.74, 6) is 2.09. The number of nitrogens with zero attached hydrogens (tertiary/aromatic N) is 4. The Hall–Kier alpha value is -3.74. The Morgan fingerprint density at radius 2 is 1.79 bits per heavy atom. The molecule has 7 heteroatoms. The van der Waals surface area contributed by atoms with Gasteiger partial charge in [-0.15, -0.1) is 0 Å². The zero-order valence-corrected chi connectivity index (χ0v) is 19.2. The maximum absolute atomic E-state index is 12.5. The number of hydrogen-bond donors (Lipinski definition) is 0. The zero-order valence-electron chi connectivity index (χ0n) is 19.2. The summed E-state index contributed by atoms with van der Waals surface area (Å²) < 4.78 is 12.6. The molecule has 0 radical (unpaired) electrons. The molecule has 7 nitrogen and oxygen atoms in total. The Morgan fingerprint density at radius 1 is 1.00 bits per heavy atom. The normalized spacial score (nSPS) is 12.0. The predicted octanol–water partition coefficient (Wildman–Crippen LogP) is 4.59. The van der Waals surface area contributed by atoms with E-state index >= 15 is 0 Å². The van der Waals surface area contributed by atoms with Crippen molar-refractivity contribution in [2.24, 2.45) is 0 Å².